The Morgan fingerprint density at radius 2 is 2.00 bits per heavy atom. The van der Waals surface area contributed by atoms with Crippen molar-refractivity contribution in [3.05, 3.63) is 0 Å². The van der Waals surface area contributed by atoms with Gasteiger partial charge in [-0.3, -0.25) is 4.79 Å². The largest absolute Gasteiger partial charge is 0.299 e. The first kappa shape index (κ1) is 7.96. The first-order chi connectivity index (χ1) is 3.50. The summed E-state index contributed by atoms with van der Waals surface area (Å²) in [6.07, 6.45) is 0. The number of halogens is 1. The van der Waals surface area contributed by atoms with Gasteiger partial charge in [-0.2, -0.15) is 0 Å². The molecule has 0 spiro atoms. The van der Waals surface area contributed by atoms with Gasteiger partial charge in [-0.1, -0.05) is 13.8 Å². The lowest BCUT2D eigenvalue weighted by Gasteiger charge is -2.15. The maximum Gasteiger partial charge on any atom is 0.136 e. The summed E-state index contributed by atoms with van der Waals surface area (Å²) in [4.78, 5) is 10.6. The molecule has 0 aromatic carbocycles. The fourth-order valence-electron chi connectivity index (χ4n) is 0.0941. The number of carbonyl (C=O) groups is 1. The smallest absolute Gasteiger partial charge is 0.136 e. The van der Waals surface area contributed by atoms with E-state index in [1.807, 2.05) is 13.8 Å². The van der Waals surface area contributed by atoms with Crippen LogP contribution >= 0.6 is 11.6 Å². The molecule has 2 heteroatoms. The van der Waals surface area contributed by atoms with E-state index in [4.69, 9.17) is 11.6 Å². The molecule has 0 N–H and O–H groups in total. The SMILES string of the molecule is CC(=O)C(C)(C)CCl. The quantitative estimate of drug-likeness (QED) is 0.527. The zero-order valence-corrected chi connectivity index (χ0v) is 6.25. The Morgan fingerprint density at radius 1 is 1.62 bits per heavy atom. The van der Waals surface area contributed by atoms with Crippen molar-refractivity contribution in [1.29, 1.82) is 0 Å². The van der Waals surface area contributed by atoms with E-state index in [1.54, 1.807) is 6.92 Å². The van der Waals surface area contributed by atoms with Crippen LogP contribution in [-0.4, -0.2) is 11.7 Å². The molecule has 0 fully saturated rings. The molecule has 0 atom stereocenters. The highest BCUT2D eigenvalue weighted by molar-refractivity contribution is 6.19. The number of carbonyl (C=O) groups excluding carboxylic acids is 1. The van der Waals surface area contributed by atoms with Gasteiger partial charge in [0.15, 0.2) is 0 Å². The van der Waals surface area contributed by atoms with Crippen molar-refractivity contribution < 1.29 is 4.79 Å². The average Bonchev–Trinajstić information content (AvgIpc) is 1.67. The number of hydrogen-bond donors (Lipinski definition) is 0. The maximum absolute atomic E-state index is 10.6. The van der Waals surface area contributed by atoms with Crippen LogP contribution in [-0.2, 0) is 4.79 Å². The molecule has 1 nitrogen and oxygen atoms in total. The van der Waals surface area contributed by atoms with E-state index >= 15 is 0 Å². The molecule has 0 aromatic rings. The lowest BCUT2D eigenvalue weighted by Crippen LogP contribution is -2.22. The molecule has 0 radical (unpaired) electrons. The summed E-state index contributed by atoms with van der Waals surface area (Å²) in [5.41, 5.74) is -0.332. The van der Waals surface area contributed by atoms with Crippen molar-refractivity contribution in [2.45, 2.75) is 20.8 Å². The van der Waals surface area contributed by atoms with Gasteiger partial charge < -0.3 is 0 Å². The van der Waals surface area contributed by atoms with Crippen LogP contribution in [0, 0.1) is 5.41 Å². The second-order valence-corrected chi connectivity index (χ2v) is 2.84. The van der Waals surface area contributed by atoms with Crippen LogP contribution in [0.25, 0.3) is 0 Å². The molecule has 0 saturated heterocycles. The highest BCUT2D eigenvalue weighted by Crippen LogP contribution is 2.17. The fraction of sp³-hybridized carbons (Fsp3) is 0.833. The molecule has 0 aromatic heterocycles. The lowest BCUT2D eigenvalue weighted by atomic mass is 9.92. The normalized spacial score (nSPS) is 11.5. The number of alkyl halides is 1. The van der Waals surface area contributed by atoms with Crippen molar-refractivity contribution in [2.24, 2.45) is 5.41 Å². The molecule has 0 saturated carbocycles. The van der Waals surface area contributed by atoms with Crippen LogP contribution in [0.5, 0.6) is 0 Å². The zero-order chi connectivity index (χ0) is 6.78. The minimum Gasteiger partial charge on any atom is -0.299 e. The molecule has 0 amide bonds. The van der Waals surface area contributed by atoms with Crippen LogP contribution in [0.3, 0.4) is 0 Å². The van der Waals surface area contributed by atoms with Gasteiger partial charge in [0.05, 0.1) is 0 Å². The molecule has 0 heterocycles. The fourth-order valence-corrected chi connectivity index (χ4v) is 0.282. The molecule has 0 aliphatic rings. The Labute approximate surface area is 55.0 Å². The van der Waals surface area contributed by atoms with Gasteiger partial charge in [0, 0.05) is 11.3 Å². The predicted molar refractivity (Wildman–Crippen MR) is 35.2 cm³/mol. The van der Waals surface area contributed by atoms with E-state index in [1.165, 1.54) is 0 Å². The van der Waals surface area contributed by atoms with E-state index in [-0.39, 0.29) is 11.2 Å². The Hall–Kier alpha value is -0.0400. The van der Waals surface area contributed by atoms with Gasteiger partial charge in [0.25, 0.3) is 0 Å². The number of Topliss-reactive ketones (excluding diaryl/α,β-unsaturated/α-hetero) is 1. The second kappa shape index (κ2) is 2.49. The molecular weight excluding hydrogens is 124 g/mol. The third-order valence-corrected chi connectivity index (χ3v) is 1.96. The number of ketones is 1. The molecule has 0 bridgehead atoms. The van der Waals surface area contributed by atoms with Crippen molar-refractivity contribution in [2.75, 3.05) is 5.88 Å². The van der Waals surface area contributed by atoms with Gasteiger partial charge in [-0.05, 0) is 6.92 Å². The molecule has 0 aliphatic heterocycles. The Balaban J connectivity index is 3.91. The second-order valence-electron chi connectivity index (χ2n) is 2.57. The molecule has 48 valence electrons. The number of rotatable bonds is 2. The summed E-state index contributed by atoms with van der Waals surface area (Å²) in [6, 6.07) is 0. The summed E-state index contributed by atoms with van der Waals surface area (Å²) in [6.45, 7) is 5.23. The van der Waals surface area contributed by atoms with Crippen molar-refractivity contribution >= 4 is 17.4 Å². The van der Waals surface area contributed by atoms with E-state index < -0.39 is 0 Å². The maximum atomic E-state index is 10.6. The van der Waals surface area contributed by atoms with Crippen LogP contribution in [0.2, 0.25) is 0 Å². The van der Waals surface area contributed by atoms with Crippen molar-refractivity contribution in [3.8, 4) is 0 Å². The zero-order valence-electron chi connectivity index (χ0n) is 5.49. The third-order valence-electron chi connectivity index (χ3n) is 1.29. The first-order valence-corrected chi connectivity index (χ1v) is 3.11. The third kappa shape index (κ3) is 1.83. The standard InChI is InChI=1S/C6H11ClO/c1-5(8)6(2,3)4-7/h4H2,1-3H3. The van der Waals surface area contributed by atoms with Gasteiger partial charge in [-0.15, -0.1) is 11.6 Å². The molecule has 0 aliphatic carbocycles. The highest BCUT2D eigenvalue weighted by atomic mass is 35.5. The van der Waals surface area contributed by atoms with Gasteiger partial charge in [0.1, 0.15) is 5.78 Å². The molecule has 0 rings (SSSR count). The summed E-state index contributed by atoms with van der Waals surface area (Å²) >= 11 is 5.47. The van der Waals surface area contributed by atoms with Crippen LogP contribution in [0.15, 0.2) is 0 Å². The summed E-state index contributed by atoms with van der Waals surface area (Å²) in [5, 5.41) is 0. The predicted octanol–water partition coefficient (Wildman–Crippen LogP) is 1.84. The van der Waals surface area contributed by atoms with Crippen molar-refractivity contribution in [1.82, 2.24) is 0 Å². The minimum absolute atomic E-state index is 0.146. The van der Waals surface area contributed by atoms with E-state index in [9.17, 15) is 4.79 Å². The van der Waals surface area contributed by atoms with E-state index in [2.05, 4.69) is 0 Å². The number of hydrogen-bond acceptors (Lipinski definition) is 1. The molecular formula is C6H11ClO. The topological polar surface area (TPSA) is 17.1 Å². The minimum atomic E-state index is -0.332. The van der Waals surface area contributed by atoms with Crippen molar-refractivity contribution in [3.63, 3.8) is 0 Å². The van der Waals surface area contributed by atoms with E-state index in [0.29, 0.717) is 5.88 Å². The van der Waals surface area contributed by atoms with Gasteiger partial charge >= 0.3 is 0 Å². The Morgan fingerprint density at radius 3 is 2.00 bits per heavy atom. The Kier molecular flexibility index (Phi) is 2.48. The lowest BCUT2D eigenvalue weighted by molar-refractivity contribution is -0.123. The van der Waals surface area contributed by atoms with Crippen LogP contribution in [0.1, 0.15) is 20.8 Å². The van der Waals surface area contributed by atoms with Gasteiger partial charge in [0.2, 0.25) is 0 Å². The molecule has 0 unspecified atom stereocenters. The van der Waals surface area contributed by atoms with Gasteiger partial charge in [-0.25, -0.2) is 0 Å². The summed E-state index contributed by atoms with van der Waals surface area (Å²) in [5.74, 6) is 0.551. The van der Waals surface area contributed by atoms with Crippen LogP contribution < -0.4 is 0 Å². The summed E-state index contributed by atoms with van der Waals surface area (Å²) < 4.78 is 0. The van der Waals surface area contributed by atoms with Crippen LogP contribution in [0.4, 0.5) is 0 Å². The monoisotopic (exact) mass is 134 g/mol. The van der Waals surface area contributed by atoms with E-state index in [0.717, 1.165) is 0 Å². The average molecular weight is 135 g/mol. The highest BCUT2D eigenvalue weighted by Gasteiger charge is 2.21. The Bertz CT molecular complexity index is 96.7. The summed E-state index contributed by atoms with van der Waals surface area (Å²) in [7, 11) is 0. The molecule has 8 heavy (non-hydrogen) atoms. The first-order valence-electron chi connectivity index (χ1n) is 2.57.